The summed E-state index contributed by atoms with van der Waals surface area (Å²) in [5, 5.41) is 8.78. The summed E-state index contributed by atoms with van der Waals surface area (Å²) in [5.41, 5.74) is 5.64. The van der Waals surface area contributed by atoms with Crippen molar-refractivity contribution in [2.24, 2.45) is 5.73 Å². The number of aliphatic hydroxyl groups excluding tert-OH is 1. The first kappa shape index (κ1) is 10.5. The van der Waals surface area contributed by atoms with Crippen molar-refractivity contribution in [3.63, 3.8) is 0 Å². The van der Waals surface area contributed by atoms with Crippen molar-refractivity contribution in [1.82, 2.24) is 4.90 Å². The second-order valence-electron chi connectivity index (χ2n) is 3.50. The Morgan fingerprint density at radius 2 is 2.31 bits per heavy atom. The fraction of sp³-hybridized carbons (Fsp3) is 0.889. The summed E-state index contributed by atoms with van der Waals surface area (Å²) in [6, 6.07) is -0.0515. The third-order valence-corrected chi connectivity index (χ3v) is 2.37. The molecule has 0 spiro atoms. The number of rotatable bonds is 5. The van der Waals surface area contributed by atoms with Gasteiger partial charge >= 0.3 is 0 Å². The first-order chi connectivity index (χ1) is 6.20. The molecule has 1 rings (SSSR count). The zero-order valence-corrected chi connectivity index (χ0v) is 8.07. The maximum absolute atomic E-state index is 11.6. The van der Waals surface area contributed by atoms with E-state index in [4.69, 9.17) is 10.8 Å². The van der Waals surface area contributed by atoms with Gasteiger partial charge in [0.15, 0.2) is 0 Å². The lowest BCUT2D eigenvalue weighted by atomic mass is 10.2. The molecule has 4 heteroatoms. The fourth-order valence-electron chi connectivity index (χ4n) is 1.35. The maximum atomic E-state index is 11.6. The molecule has 1 fully saturated rings. The van der Waals surface area contributed by atoms with Crippen molar-refractivity contribution in [2.75, 3.05) is 13.2 Å². The summed E-state index contributed by atoms with van der Waals surface area (Å²) < 4.78 is 0. The molecule has 0 radical (unpaired) electrons. The van der Waals surface area contributed by atoms with Crippen molar-refractivity contribution in [3.05, 3.63) is 0 Å². The molecule has 0 bridgehead atoms. The summed E-state index contributed by atoms with van der Waals surface area (Å²) in [6.07, 6.45) is 2.78. The fourth-order valence-corrected chi connectivity index (χ4v) is 1.35. The van der Waals surface area contributed by atoms with E-state index < -0.39 is 6.04 Å². The second kappa shape index (κ2) is 4.58. The molecule has 0 saturated heterocycles. The molecular weight excluding hydrogens is 168 g/mol. The zero-order chi connectivity index (χ0) is 9.84. The van der Waals surface area contributed by atoms with E-state index in [1.807, 2.05) is 6.92 Å². The van der Waals surface area contributed by atoms with E-state index in [1.54, 1.807) is 4.90 Å². The van der Waals surface area contributed by atoms with Crippen LogP contribution in [0.5, 0.6) is 0 Å². The molecule has 3 N–H and O–H groups in total. The van der Waals surface area contributed by atoms with Crippen molar-refractivity contribution in [3.8, 4) is 0 Å². The minimum absolute atomic E-state index is 0.0148. The molecule has 0 aromatic rings. The summed E-state index contributed by atoms with van der Waals surface area (Å²) in [4.78, 5) is 13.4. The summed E-state index contributed by atoms with van der Waals surface area (Å²) in [7, 11) is 0. The van der Waals surface area contributed by atoms with Gasteiger partial charge in [-0.15, -0.1) is 0 Å². The second-order valence-corrected chi connectivity index (χ2v) is 3.50. The van der Waals surface area contributed by atoms with Crippen LogP contribution in [0.15, 0.2) is 0 Å². The molecule has 0 aliphatic heterocycles. The average molecular weight is 186 g/mol. The maximum Gasteiger partial charge on any atom is 0.239 e. The van der Waals surface area contributed by atoms with E-state index in [-0.39, 0.29) is 12.5 Å². The number of nitrogens with two attached hydrogens (primary N) is 1. The van der Waals surface area contributed by atoms with Gasteiger partial charge < -0.3 is 15.7 Å². The van der Waals surface area contributed by atoms with Crippen LogP contribution in [0.1, 0.15) is 26.2 Å². The van der Waals surface area contributed by atoms with Crippen LogP contribution in [-0.4, -0.2) is 41.1 Å². The lowest BCUT2D eigenvalue weighted by Crippen LogP contribution is -2.45. The van der Waals surface area contributed by atoms with Gasteiger partial charge in [0, 0.05) is 12.6 Å². The van der Waals surface area contributed by atoms with Crippen LogP contribution in [0.3, 0.4) is 0 Å². The quantitative estimate of drug-likeness (QED) is 0.620. The Morgan fingerprint density at radius 3 is 2.69 bits per heavy atom. The molecule has 4 nitrogen and oxygen atoms in total. The van der Waals surface area contributed by atoms with Crippen molar-refractivity contribution in [2.45, 2.75) is 38.3 Å². The number of carbonyl (C=O) groups is 1. The largest absolute Gasteiger partial charge is 0.395 e. The zero-order valence-electron chi connectivity index (χ0n) is 8.07. The van der Waals surface area contributed by atoms with Crippen LogP contribution < -0.4 is 5.73 Å². The monoisotopic (exact) mass is 186 g/mol. The first-order valence-electron chi connectivity index (χ1n) is 4.87. The molecular formula is C9H18N2O2. The van der Waals surface area contributed by atoms with Crippen LogP contribution in [0.25, 0.3) is 0 Å². The highest BCUT2D eigenvalue weighted by Crippen LogP contribution is 2.26. The lowest BCUT2D eigenvalue weighted by Gasteiger charge is -2.24. The number of amides is 1. The Bertz CT molecular complexity index is 180. The molecule has 1 amide bonds. The van der Waals surface area contributed by atoms with Crippen LogP contribution in [0, 0.1) is 0 Å². The van der Waals surface area contributed by atoms with E-state index >= 15 is 0 Å². The molecule has 0 heterocycles. The molecule has 76 valence electrons. The Morgan fingerprint density at radius 1 is 1.69 bits per heavy atom. The highest BCUT2D eigenvalue weighted by atomic mass is 16.3. The van der Waals surface area contributed by atoms with Gasteiger partial charge in [0.25, 0.3) is 0 Å². The predicted octanol–water partition coefficient (Wildman–Crippen LogP) is -0.293. The molecule has 1 aliphatic carbocycles. The summed E-state index contributed by atoms with van der Waals surface area (Å²) in [6.45, 7) is 2.35. The standard InChI is InChI=1S/C9H18N2O2/c1-2-8(10)9(13)11(5-6-12)7-3-4-7/h7-8,12H,2-6,10H2,1H3/t8-/m1/s1. The van der Waals surface area contributed by atoms with E-state index in [1.165, 1.54) is 0 Å². The SMILES string of the molecule is CC[C@@H](N)C(=O)N(CCO)C1CC1. The van der Waals surface area contributed by atoms with Gasteiger partial charge in [-0.3, -0.25) is 4.79 Å². The van der Waals surface area contributed by atoms with E-state index in [9.17, 15) is 4.79 Å². The van der Waals surface area contributed by atoms with E-state index in [0.29, 0.717) is 19.0 Å². The Labute approximate surface area is 78.7 Å². The number of aliphatic hydroxyl groups is 1. The highest BCUT2D eigenvalue weighted by Gasteiger charge is 2.33. The molecule has 0 aromatic heterocycles. The third kappa shape index (κ3) is 2.67. The third-order valence-electron chi connectivity index (χ3n) is 2.37. The predicted molar refractivity (Wildman–Crippen MR) is 50.1 cm³/mol. The normalized spacial score (nSPS) is 18.4. The molecule has 1 aliphatic rings. The smallest absolute Gasteiger partial charge is 0.239 e. The first-order valence-corrected chi connectivity index (χ1v) is 4.87. The number of hydrogen-bond acceptors (Lipinski definition) is 3. The molecule has 1 atom stereocenters. The van der Waals surface area contributed by atoms with Crippen molar-refractivity contribution < 1.29 is 9.90 Å². The van der Waals surface area contributed by atoms with Crippen LogP contribution in [0.2, 0.25) is 0 Å². The van der Waals surface area contributed by atoms with Gasteiger partial charge in [-0.05, 0) is 19.3 Å². The summed E-state index contributed by atoms with van der Waals surface area (Å²) in [5.74, 6) is -0.0148. The van der Waals surface area contributed by atoms with E-state index in [0.717, 1.165) is 12.8 Å². The van der Waals surface area contributed by atoms with Gasteiger partial charge in [-0.1, -0.05) is 6.92 Å². The molecule has 13 heavy (non-hydrogen) atoms. The van der Waals surface area contributed by atoms with Gasteiger partial charge in [0.2, 0.25) is 5.91 Å². The molecule has 1 saturated carbocycles. The Hall–Kier alpha value is -0.610. The number of hydrogen-bond donors (Lipinski definition) is 2. The average Bonchev–Trinajstić information content (AvgIpc) is 2.95. The summed E-state index contributed by atoms with van der Waals surface area (Å²) >= 11 is 0. The number of nitrogens with zero attached hydrogens (tertiary/aromatic N) is 1. The van der Waals surface area contributed by atoms with Crippen LogP contribution >= 0.6 is 0 Å². The molecule has 0 unspecified atom stereocenters. The number of carbonyl (C=O) groups excluding carboxylic acids is 1. The Balaban J connectivity index is 2.47. The van der Waals surface area contributed by atoms with Gasteiger partial charge in [-0.2, -0.15) is 0 Å². The minimum Gasteiger partial charge on any atom is -0.395 e. The Kier molecular flexibility index (Phi) is 3.69. The van der Waals surface area contributed by atoms with Crippen LogP contribution in [0.4, 0.5) is 0 Å². The van der Waals surface area contributed by atoms with Crippen LogP contribution in [-0.2, 0) is 4.79 Å². The highest BCUT2D eigenvalue weighted by molar-refractivity contribution is 5.82. The lowest BCUT2D eigenvalue weighted by molar-refractivity contribution is -0.133. The van der Waals surface area contributed by atoms with Gasteiger partial charge in [-0.25, -0.2) is 0 Å². The topological polar surface area (TPSA) is 66.6 Å². The van der Waals surface area contributed by atoms with Crippen molar-refractivity contribution >= 4 is 5.91 Å². The van der Waals surface area contributed by atoms with Gasteiger partial charge in [0.05, 0.1) is 12.6 Å². The minimum atomic E-state index is -0.396. The van der Waals surface area contributed by atoms with Crippen molar-refractivity contribution in [1.29, 1.82) is 0 Å². The van der Waals surface area contributed by atoms with Gasteiger partial charge in [0.1, 0.15) is 0 Å². The van der Waals surface area contributed by atoms with E-state index in [2.05, 4.69) is 0 Å². The molecule has 0 aromatic carbocycles.